The second-order valence-corrected chi connectivity index (χ2v) is 7.46. The van der Waals surface area contributed by atoms with Crippen LogP contribution in [0.3, 0.4) is 0 Å². The molecule has 9 heteroatoms. The molecule has 0 unspecified atom stereocenters. The lowest BCUT2D eigenvalue weighted by Crippen LogP contribution is -2.32. The fraction of sp³-hybridized carbons (Fsp3) is 0.412. The summed E-state index contributed by atoms with van der Waals surface area (Å²) in [7, 11) is 1.64. The molecule has 1 aliphatic heterocycles. The Labute approximate surface area is 154 Å². The number of carbonyl (C=O) groups is 1. The largest absolute Gasteiger partial charge is 0.370 e. The van der Waals surface area contributed by atoms with Crippen LogP contribution in [0.25, 0.3) is 4.96 Å². The van der Waals surface area contributed by atoms with E-state index < -0.39 is 0 Å². The smallest absolute Gasteiger partial charge is 0.268 e. The fourth-order valence-corrected chi connectivity index (χ4v) is 3.93. The van der Waals surface area contributed by atoms with Crippen LogP contribution in [0.2, 0.25) is 0 Å². The molecule has 4 heterocycles. The minimum atomic E-state index is -0.112. The normalized spacial score (nSPS) is 17.1. The summed E-state index contributed by atoms with van der Waals surface area (Å²) in [5.74, 6) is 0.359. The number of rotatable bonds is 5. The van der Waals surface area contributed by atoms with Gasteiger partial charge in [0.05, 0.1) is 24.0 Å². The average Bonchev–Trinajstić information content (AvgIpc) is 3.31. The highest BCUT2D eigenvalue weighted by molar-refractivity contribution is 7.15. The first-order chi connectivity index (χ1) is 12.6. The van der Waals surface area contributed by atoms with Gasteiger partial charge in [-0.25, -0.2) is 9.67 Å². The van der Waals surface area contributed by atoms with Crippen LogP contribution in [0.5, 0.6) is 0 Å². The van der Waals surface area contributed by atoms with Crippen molar-refractivity contribution in [1.82, 2.24) is 24.5 Å². The predicted octanol–water partition coefficient (Wildman–Crippen LogP) is 0.675. The number of imidazole rings is 1. The zero-order chi connectivity index (χ0) is 18.1. The van der Waals surface area contributed by atoms with Crippen molar-refractivity contribution in [3.8, 4) is 0 Å². The summed E-state index contributed by atoms with van der Waals surface area (Å²) < 4.78 is 3.25. The van der Waals surface area contributed by atoms with Crippen LogP contribution in [0, 0.1) is 5.92 Å². The van der Waals surface area contributed by atoms with Crippen LogP contribution in [-0.4, -0.2) is 44.7 Å². The van der Waals surface area contributed by atoms with Gasteiger partial charge in [0, 0.05) is 50.5 Å². The molecule has 1 fully saturated rings. The Kier molecular flexibility index (Phi) is 4.46. The van der Waals surface area contributed by atoms with E-state index in [-0.39, 0.29) is 11.5 Å². The number of hydrogen-bond acceptors (Lipinski definition) is 6. The van der Waals surface area contributed by atoms with Gasteiger partial charge >= 0.3 is 0 Å². The van der Waals surface area contributed by atoms with E-state index >= 15 is 0 Å². The van der Waals surface area contributed by atoms with Gasteiger partial charge < -0.3 is 10.2 Å². The fourth-order valence-electron chi connectivity index (χ4n) is 3.21. The van der Waals surface area contributed by atoms with E-state index in [2.05, 4.69) is 20.3 Å². The van der Waals surface area contributed by atoms with Crippen LogP contribution < -0.4 is 15.8 Å². The second kappa shape index (κ2) is 6.91. The van der Waals surface area contributed by atoms with Gasteiger partial charge in [0.2, 0.25) is 5.91 Å². The minimum Gasteiger partial charge on any atom is -0.370 e. The molecule has 1 N–H and O–H groups in total. The summed E-state index contributed by atoms with van der Waals surface area (Å²) in [6, 6.07) is 1.61. The Morgan fingerprint density at radius 3 is 3.15 bits per heavy atom. The molecular formula is C17H20N6O2S. The highest BCUT2D eigenvalue weighted by Crippen LogP contribution is 2.21. The first-order valence-corrected chi connectivity index (χ1v) is 9.42. The van der Waals surface area contributed by atoms with Gasteiger partial charge in [-0.05, 0) is 12.3 Å². The minimum absolute atomic E-state index is 0.00977. The molecule has 4 rings (SSSR count). The van der Waals surface area contributed by atoms with E-state index in [0.29, 0.717) is 18.9 Å². The number of fused-ring (bicyclic) bond motifs is 1. The lowest BCUT2D eigenvalue weighted by atomic mass is 10.1. The van der Waals surface area contributed by atoms with E-state index in [9.17, 15) is 9.59 Å². The summed E-state index contributed by atoms with van der Waals surface area (Å²) in [6.45, 7) is 2.32. The molecule has 0 aromatic carbocycles. The third-order valence-electron chi connectivity index (χ3n) is 4.68. The summed E-state index contributed by atoms with van der Waals surface area (Å²) in [5, 5.41) is 9.05. The topological polar surface area (TPSA) is 84.5 Å². The van der Waals surface area contributed by atoms with E-state index in [0.717, 1.165) is 35.9 Å². The summed E-state index contributed by atoms with van der Waals surface area (Å²) in [4.78, 5) is 31.4. The molecule has 1 aliphatic rings. The molecule has 0 spiro atoms. The average molecular weight is 372 g/mol. The van der Waals surface area contributed by atoms with Crippen LogP contribution >= 0.6 is 11.3 Å². The maximum absolute atomic E-state index is 12.2. The van der Waals surface area contributed by atoms with E-state index in [1.165, 1.54) is 4.68 Å². The molecule has 26 heavy (non-hydrogen) atoms. The lowest BCUT2D eigenvalue weighted by molar-refractivity contribution is -0.120. The highest BCUT2D eigenvalue weighted by Gasteiger charge is 2.23. The van der Waals surface area contributed by atoms with Crippen molar-refractivity contribution in [2.45, 2.75) is 12.8 Å². The summed E-state index contributed by atoms with van der Waals surface area (Å²) in [5.41, 5.74) is 1.52. The number of thiazole rings is 1. The number of aromatic nitrogens is 4. The van der Waals surface area contributed by atoms with Crippen molar-refractivity contribution in [2.24, 2.45) is 13.0 Å². The molecule has 0 radical (unpaired) electrons. The maximum Gasteiger partial charge on any atom is 0.268 e. The van der Waals surface area contributed by atoms with Gasteiger partial charge in [-0.1, -0.05) is 0 Å². The van der Waals surface area contributed by atoms with Crippen molar-refractivity contribution >= 4 is 27.9 Å². The predicted molar refractivity (Wildman–Crippen MR) is 99.6 cm³/mol. The monoisotopic (exact) mass is 372 g/mol. The zero-order valence-electron chi connectivity index (χ0n) is 14.5. The summed E-state index contributed by atoms with van der Waals surface area (Å²) >= 11 is 1.55. The van der Waals surface area contributed by atoms with Crippen LogP contribution in [0.4, 0.5) is 5.69 Å². The van der Waals surface area contributed by atoms with E-state index in [1.807, 2.05) is 22.2 Å². The number of nitrogens with one attached hydrogen (secondary N) is 1. The number of amides is 1. The van der Waals surface area contributed by atoms with Crippen LogP contribution in [0.1, 0.15) is 12.1 Å². The maximum atomic E-state index is 12.2. The van der Waals surface area contributed by atoms with Gasteiger partial charge in [-0.2, -0.15) is 5.10 Å². The Morgan fingerprint density at radius 2 is 2.35 bits per heavy atom. The van der Waals surface area contributed by atoms with E-state index in [1.54, 1.807) is 30.6 Å². The quantitative estimate of drug-likeness (QED) is 0.712. The first-order valence-electron chi connectivity index (χ1n) is 8.54. The number of hydrogen-bond donors (Lipinski definition) is 1. The van der Waals surface area contributed by atoms with Crippen LogP contribution in [0.15, 0.2) is 34.8 Å². The molecular weight excluding hydrogens is 352 g/mol. The SMILES string of the molecule is Cn1ncc(N2CC[C@@H](CNC(=O)Cc3cn4ccsc4n3)C2)cc1=O. The van der Waals surface area contributed by atoms with Crippen molar-refractivity contribution in [3.63, 3.8) is 0 Å². The number of aryl methyl sites for hydroxylation is 1. The molecule has 136 valence electrons. The Balaban J connectivity index is 1.28. The molecule has 0 saturated carbocycles. The lowest BCUT2D eigenvalue weighted by Gasteiger charge is -2.18. The molecule has 0 bridgehead atoms. The zero-order valence-corrected chi connectivity index (χ0v) is 15.3. The first kappa shape index (κ1) is 16.8. The number of anilines is 1. The van der Waals surface area contributed by atoms with Gasteiger partial charge in [0.15, 0.2) is 4.96 Å². The standard InChI is InChI=1S/C17H20N6O2S/c1-21-16(25)7-14(9-19-21)22-3-2-12(10-22)8-18-15(24)6-13-11-23-4-5-26-17(23)20-13/h4-5,7,9,11-12H,2-3,6,8,10H2,1H3,(H,18,24)/t12-/m0/s1. The second-order valence-electron chi connectivity index (χ2n) is 6.58. The Morgan fingerprint density at radius 1 is 1.46 bits per heavy atom. The van der Waals surface area contributed by atoms with Crippen molar-refractivity contribution < 1.29 is 4.79 Å². The Hall–Kier alpha value is -2.68. The van der Waals surface area contributed by atoms with Crippen molar-refractivity contribution in [1.29, 1.82) is 0 Å². The molecule has 8 nitrogen and oxygen atoms in total. The van der Waals surface area contributed by atoms with Gasteiger partial charge in [-0.15, -0.1) is 11.3 Å². The molecule has 3 aromatic heterocycles. The molecule has 1 amide bonds. The van der Waals surface area contributed by atoms with Gasteiger partial charge in [0.1, 0.15) is 0 Å². The third kappa shape index (κ3) is 3.48. The van der Waals surface area contributed by atoms with Gasteiger partial charge in [-0.3, -0.25) is 14.0 Å². The van der Waals surface area contributed by atoms with E-state index in [4.69, 9.17) is 0 Å². The third-order valence-corrected chi connectivity index (χ3v) is 5.45. The Bertz CT molecular complexity index is 962. The molecule has 1 atom stereocenters. The highest BCUT2D eigenvalue weighted by atomic mass is 32.1. The van der Waals surface area contributed by atoms with Gasteiger partial charge in [0.25, 0.3) is 5.56 Å². The molecule has 1 saturated heterocycles. The van der Waals surface area contributed by atoms with Crippen LogP contribution in [-0.2, 0) is 18.3 Å². The molecule has 3 aromatic rings. The number of carbonyl (C=O) groups excluding carboxylic acids is 1. The van der Waals surface area contributed by atoms with Crippen molar-refractivity contribution in [2.75, 3.05) is 24.5 Å². The number of nitrogens with zero attached hydrogens (tertiary/aromatic N) is 5. The van der Waals surface area contributed by atoms with Crippen molar-refractivity contribution in [3.05, 3.63) is 46.1 Å². The summed E-state index contributed by atoms with van der Waals surface area (Å²) in [6.07, 6.45) is 6.82. The molecule has 0 aliphatic carbocycles.